The normalized spacial score (nSPS) is 12.0. The summed E-state index contributed by atoms with van der Waals surface area (Å²) >= 11 is 0. The zero-order valence-corrected chi connectivity index (χ0v) is 17.9. The first kappa shape index (κ1) is 22.0. The lowest BCUT2D eigenvalue weighted by Gasteiger charge is -2.15. The van der Waals surface area contributed by atoms with Crippen molar-refractivity contribution in [1.29, 1.82) is 0 Å². The lowest BCUT2D eigenvalue weighted by Crippen LogP contribution is -2.11. The molecule has 0 saturated carbocycles. The van der Waals surface area contributed by atoms with Crippen LogP contribution in [0.4, 0.5) is 0 Å². The highest BCUT2D eigenvalue weighted by molar-refractivity contribution is 7.87. The van der Waals surface area contributed by atoms with Gasteiger partial charge in [0.2, 0.25) is 0 Å². The van der Waals surface area contributed by atoms with Crippen molar-refractivity contribution in [3.05, 3.63) is 77.4 Å². The van der Waals surface area contributed by atoms with Gasteiger partial charge in [-0.25, -0.2) is 0 Å². The second-order valence-electron chi connectivity index (χ2n) is 6.81. The van der Waals surface area contributed by atoms with Crippen molar-refractivity contribution in [1.82, 2.24) is 0 Å². The van der Waals surface area contributed by atoms with Gasteiger partial charge in [-0.2, -0.15) is 16.8 Å². The summed E-state index contributed by atoms with van der Waals surface area (Å²) in [5.74, 6) is -0.169. The minimum Gasteiger partial charge on any atom is -0.392 e. The molecule has 0 unspecified atom stereocenters. The number of hydrogen-bond donors (Lipinski definition) is 2. The third-order valence-electron chi connectivity index (χ3n) is 4.44. The predicted molar refractivity (Wildman–Crippen MR) is 111 cm³/mol. The summed E-state index contributed by atoms with van der Waals surface area (Å²) in [7, 11) is -8.82. The Kier molecular flexibility index (Phi) is 6.00. The molecule has 0 fully saturated rings. The third kappa shape index (κ3) is 4.71. The molecule has 3 aromatic carbocycles. The first-order valence-electron chi connectivity index (χ1n) is 8.85. The largest absolute Gasteiger partial charge is 0.392 e. The second-order valence-corrected chi connectivity index (χ2v) is 9.75. The molecule has 0 bridgehead atoms. The quantitative estimate of drug-likeness (QED) is 0.438. The van der Waals surface area contributed by atoms with Crippen LogP contribution in [-0.4, -0.2) is 26.5 Å². The maximum Gasteiger partial charge on any atom is 0.339 e. The molecule has 30 heavy (non-hydrogen) atoms. The highest BCUT2D eigenvalue weighted by Gasteiger charge is 2.23. The van der Waals surface area contributed by atoms with Gasteiger partial charge in [-0.15, -0.1) is 0 Å². The average Bonchev–Trinajstić information content (AvgIpc) is 2.67. The number of aliphatic hydroxyl groups is 1. The molecule has 0 radical (unpaired) electrons. The van der Waals surface area contributed by atoms with Crippen LogP contribution in [0.15, 0.2) is 70.5 Å². The van der Waals surface area contributed by atoms with Gasteiger partial charge in [0.1, 0.15) is 9.79 Å². The summed E-state index contributed by atoms with van der Waals surface area (Å²) in [6, 6.07) is 14.6. The Hall–Kier alpha value is -2.72. The van der Waals surface area contributed by atoms with E-state index in [-0.39, 0.29) is 33.3 Å². The Morgan fingerprint density at radius 1 is 0.800 bits per heavy atom. The molecule has 0 aliphatic carbocycles. The van der Waals surface area contributed by atoms with E-state index in [4.69, 9.17) is 4.18 Å². The summed E-state index contributed by atoms with van der Waals surface area (Å²) in [6.45, 7) is 3.16. The molecule has 9 heteroatoms. The monoisotopic (exact) mass is 448 g/mol. The standard InChI is InChI=1S/C21H20O7S2/c1-14-3-7-17(8-4-14)30(26,27)28-20-12-16(13-22)6-9-18(20)19-11-15(2)5-10-21(19)29(23,24)25/h3-12,22H,13H2,1-2H3,(H,23,24,25). The average molecular weight is 449 g/mol. The van der Waals surface area contributed by atoms with Crippen LogP contribution < -0.4 is 4.18 Å². The second kappa shape index (κ2) is 8.19. The van der Waals surface area contributed by atoms with Crippen LogP contribution in [0, 0.1) is 13.8 Å². The molecule has 0 aromatic heterocycles. The maximum atomic E-state index is 12.8. The van der Waals surface area contributed by atoms with E-state index in [1.807, 2.05) is 6.92 Å². The first-order chi connectivity index (χ1) is 14.0. The van der Waals surface area contributed by atoms with Gasteiger partial charge in [-0.05, 0) is 49.7 Å². The van der Waals surface area contributed by atoms with Gasteiger partial charge in [0.25, 0.3) is 10.1 Å². The molecular weight excluding hydrogens is 428 g/mol. The Balaban J connectivity index is 2.20. The van der Waals surface area contributed by atoms with Crippen LogP contribution in [0.25, 0.3) is 11.1 Å². The molecule has 0 spiro atoms. The molecule has 7 nitrogen and oxygen atoms in total. The fourth-order valence-electron chi connectivity index (χ4n) is 2.91. The van der Waals surface area contributed by atoms with Crippen molar-refractivity contribution in [2.45, 2.75) is 30.2 Å². The van der Waals surface area contributed by atoms with E-state index in [2.05, 4.69) is 0 Å². The lowest BCUT2D eigenvalue weighted by molar-refractivity contribution is 0.281. The fourth-order valence-corrected chi connectivity index (χ4v) is 4.53. The molecule has 0 saturated heterocycles. The molecule has 0 heterocycles. The Bertz CT molecular complexity index is 1290. The van der Waals surface area contributed by atoms with Crippen LogP contribution in [0.1, 0.15) is 16.7 Å². The number of aryl methyl sites for hydroxylation is 2. The molecule has 0 aliphatic heterocycles. The van der Waals surface area contributed by atoms with E-state index < -0.39 is 20.2 Å². The first-order valence-corrected chi connectivity index (χ1v) is 11.7. The van der Waals surface area contributed by atoms with Gasteiger partial charge in [0.05, 0.1) is 6.61 Å². The summed E-state index contributed by atoms with van der Waals surface area (Å²) < 4.78 is 64.3. The van der Waals surface area contributed by atoms with E-state index in [1.165, 1.54) is 48.5 Å². The highest BCUT2D eigenvalue weighted by Crippen LogP contribution is 2.37. The van der Waals surface area contributed by atoms with Crippen molar-refractivity contribution >= 4 is 20.2 Å². The van der Waals surface area contributed by atoms with Crippen LogP contribution >= 0.6 is 0 Å². The Morgan fingerprint density at radius 3 is 2.03 bits per heavy atom. The maximum absolute atomic E-state index is 12.8. The molecule has 3 aromatic rings. The van der Waals surface area contributed by atoms with Gasteiger partial charge in [-0.1, -0.05) is 41.5 Å². The number of benzene rings is 3. The number of hydrogen-bond acceptors (Lipinski definition) is 6. The number of rotatable bonds is 6. The Morgan fingerprint density at radius 2 is 1.43 bits per heavy atom. The van der Waals surface area contributed by atoms with Crippen molar-refractivity contribution in [3.8, 4) is 16.9 Å². The van der Waals surface area contributed by atoms with E-state index in [0.717, 1.165) is 5.56 Å². The zero-order chi connectivity index (χ0) is 22.1. The topological polar surface area (TPSA) is 118 Å². The Labute approximate surface area is 175 Å². The van der Waals surface area contributed by atoms with E-state index in [1.54, 1.807) is 19.1 Å². The minimum absolute atomic E-state index is 0.0762. The van der Waals surface area contributed by atoms with Gasteiger partial charge >= 0.3 is 10.1 Å². The molecule has 3 rings (SSSR count). The van der Waals surface area contributed by atoms with Gasteiger partial charge < -0.3 is 9.29 Å². The van der Waals surface area contributed by atoms with Crippen molar-refractivity contribution in [2.75, 3.05) is 0 Å². The van der Waals surface area contributed by atoms with Crippen LogP contribution in [0.2, 0.25) is 0 Å². The summed E-state index contributed by atoms with van der Waals surface area (Å²) in [5.41, 5.74) is 2.15. The van der Waals surface area contributed by atoms with Gasteiger partial charge in [0.15, 0.2) is 5.75 Å². The SMILES string of the molecule is Cc1ccc(S(=O)(=O)Oc2cc(CO)ccc2-c2cc(C)ccc2S(=O)(=O)O)cc1. The highest BCUT2D eigenvalue weighted by atomic mass is 32.2. The van der Waals surface area contributed by atoms with Crippen molar-refractivity contribution in [3.63, 3.8) is 0 Å². The molecule has 158 valence electrons. The minimum atomic E-state index is -4.59. The lowest BCUT2D eigenvalue weighted by atomic mass is 10.0. The molecule has 0 amide bonds. The molecule has 0 atom stereocenters. The van der Waals surface area contributed by atoms with Crippen molar-refractivity contribution < 1.29 is 30.7 Å². The predicted octanol–water partition coefficient (Wildman–Crippen LogP) is 3.48. The van der Waals surface area contributed by atoms with Gasteiger partial charge in [-0.3, -0.25) is 4.55 Å². The summed E-state index contributed by atoms with van der Waals surface area (Å²) in [5, 5.41) is 9.46. The molecular formula is C21H20O7S2. The molecule has 0 aliphatic rings. The van der Waals surface area contributed by atoms with Gasteiger partial charge in [0, 0.05) is 11.1 Å². The van der Waals surface area contributed by atoms with Crippen molar-refractivity contribution in [2.24, 2.45) is 0 Å². The van der Waals surface area contributed by atoms with Crippen LogP contribution in [-0.2, 0) is 26.8 Å². The molecule has 2 N–H and O–H groups in total. The number of aliphatic hydroxyl groups excluding tert-OH is 1. The van der Waals surface area contributed by atoms with Crippen LogP contribution in [0.5, 0.6) is 5.75 Å². The summed E-state index contributed by atoms with van der Waals surface area (Å²) in [6.07, 6.45) is 0. The van der Waals surface area contributed by atoms with E-state index >= 15 is 0 Å². The smallest absolute Gasteiger partial charge is 0.339 e. The fraction of sp³-hybridized carbons (Fsp3) is 0.143. The summed E-state index contributed by atoms with van der Waals surface area (Å²) in [4.78, 5) is -0.463. The third-order valence-corrected chi connectivity index (χ3v) is 6.60. The zero-order valence-electron chi connectivity index (χ0n) is 16.2. The van der Waals surface area contributed by atoms with Crippen LogP contribution in [0.3, 0.4) is 0 Å². The van der Waals surface area contributed by atoms with E-state index in [9.17, 15) is 26.5 Å². The van der Waals surface area contributed by atoms with E-state index in [0.29, 0.717) is 11.1 Å².